The highest BCUT2D eigenvalue weighted by Crippen LogP contribution is 2.27. The Hall–Kier alpha value is -2.63. The van der Waals surface area contributed by atoms with Crippen molar-refractivity contribution >= 4 is 5.78 Å². The molecule has 0 atom stereocenters. The zero-order valence-electron chi connectivity index (χ0n) is 11.1. The molecular formula is C15H12F2O4. The fourth-order valence-corrected chi connectivity index (χ4v) is 1.75. The molecule has 0 radical (unpaired) electrons. The predicted octanol–water partition coefficient (Wildman–Crippen LogP) is 2.95. The van der Waals surface area contributed by atoms with E-state index in [1.54, 1.807) is 6.92 Å². The Balaban J connectivity index is 2.13. The van der Waals surface area contributed by atoms with Crippen molar-refractivity contribution in [3.05, 3.63) is 53.1 Å². The number of aromatic hydroxyl groups is 2. The average Bonchev–Trinajstić information content (AvgIpc) is 2.39. The largest absolute Gasteiger partial charge is 0.508 e. The Kier molecular flexibility index (Phi) is 4.07. The fourth-order valence-electron chi connectivity index (χ4n) is 1.75. The summed E-state index contributed by atoms with van der Waals surface area (Å²) in [5, 5.41) is 19.0. The highest BCUT2D eigenvalue weighted by atomic mass is 19.1. The lowest BCUT2D eigenvalue weighted by molar-refractivity contribution is 0.0918. The minimum Gasteiger partial charge on any atom is -0.508 e. The molecule has 6 heteroatoms. The monoisotopic (exact) mass is 294 g/mol. The minimum atomic E-state index is -0.819. The first-order chi connectivity index (χ1) is 9.86. The maximum Gasteiger partial charge on any atom is 0.203 e. The number of hydrogen-bond acceptors (Lipinski definition) is 4. The van der Waals surface area contributed by atoms with E-state index in [4.69, 9.17) is 4.74 Å². The molecule has 110 valence electrons. The Labute approximate surface area is 119 Å². The number of halogens is 2. The second kappa shape index (κ2) is 5.78. The van der Waals surface area contributed by atoms with Crippen LogP contribution in [0, 0.1) is 18.6 Å². The van der Waals surface area contributed by atoms with Gasteiger partial charge in [0.05, 0.1) is 5.56 Å². The summed E-state index contributed by atoms with van der Waals surface area (Å²) < 4.78 is 30.9. The van der Waals surface area contributed by atoms with Gasteiger partial charge in [0.2, 0.25) is 5.78 Å². The van der Waals surface area contributed by atoms with Gasteiger partial charge in [-0.25, -0.2) is 8.78 Å². The van der Waals surface area contributed by atoms with Crippen molar-refractivity contribution in [3.8, 4) is 17.2 Å². The highest BCUT2D eigenvalue weighted by molar-refractivity contribution is 6.00. The average molecular weight is 294 g/mol. The predicted molar refractivity (Wildman–Crippen MR) is 70.7 cm³/mol. The molecule has 0 bridgehead atoms. The molecular weight excluding hydrogens is 282 g/mol. The molecule has 0 aliphatic rings. The first-order valence-corrected chi connectivity index (χ1v) is 6.01. The molecule has 2 aromatic rings. The van der Waals surface area contributed by atoms with Gasteiger partial charge in [-0.3, -0.25) is 4.79 Å². The van der Waals surface area contributed by atoms with Crippen molar-refractivity contribution in [1.82, 2.24) is 0 Å². The van der Waals surface area contributed by atoms with E-state index in [0.717, 1.165) is 18.2 Å². The van der Waals surface area contributed by atoms with Crippen LogP contribution >= 0.6 is 0 Å². The van der Waals surface area contributed by atoms with Gasteiger partial charge in [-0.2, -0.15) is 0 Å². The van der Waals surface area contributed by atoms with E-state index in [0.29, 0.717) is 11.6 Å². The number of Topliss-reactive ketones (excluding diaryl/α,β-unsaturated/α-hetero) is 1. The van der Waals surface area contributed by atoms with Gasteiger partial charge in [-0.15, -0.1) is 0 Å². The minimum absolute atomic E-state index is 0.0397. The van der Waals surface area contributed by atoms with Crippen LogP contribution in [0.25, 0.3) is 0 Å². The number of carbonyl (C=O) groups is 1. The Morgan fingerprint density at radius 2 is 1.67 bits per heavy atom. The molecule has 0 unspecified atom stereocenters. The van der Waals surface area contributed by atoms with Crippen molar-refractivity contribution in [3.63, 3.8) is 0 Å². The molecule has 0 spiro atoms. The van der Waals surface area contributed by atoms with E-state index < -0.39 is 29.8 Å². The first-order valence-electron chi connectivity index (χ1n) is 6.01. The van der Waals surface area contributed by atoms with Crippen LogP contribution < -0.4 is 4.74 Å². The number of carbonyl (C=O) groups excluding carboxylic acids is 1. The van der Waals surface area contributed by atoms with Gasteiger partial charge in [-0.05, 0) is 18.6 Å². The smallest absolute Gasteiger partial charge is 0.203 e. The second-order valence-electron chi connectivity index (χ2n) is 4.47. The lowest BCUT2D eigenvalue weighted by Crippen LogP contribution is -2.12. The van der Waals surface area contributed by atoms with Crippen molar-refractivity contribution in [2.75, 3.05) is 6.61 Å². The summed E-state index contributed by atoms with van der Waals surface area (Å²) in [6.45, 7) is 1.06. The van der Waals surface area contributed by atoms with Crippen LogP contribution in [0.2, 0.25) is 0 Å². The van der Waals surface area contributed by atoms with Gasteiger partial charge in [0.25, 0.3) is 0 Å². The SMILES string of the molecule is Cc1cc(C(=O)COc2cc(F)cc(F)c2)c(O)cc1O. The normalized spacial score (nSPS) is 10.4. The molecule has 2 aromatic carbocycles. The van der Waals surface area contributed by atoms with Gasteiger partial charge >= 0.3 is 0 Å². The molecule has 0 amide bonds. The van der Waals surface area contributed by atoms with Crippen molar-refractivity contribution in [1.29, 1.82) is 0 Å². The van der Waals surface area contributed by atoms with Crippen LogP contribution in [0.1, 0.15) is 15.9 Å². The summed E-state index contributed by atoms with van der Waals surface area (Å²) in [5.74, 6) is -2.88. The number of phenolic OH excluding ortho intramolecular Hbond substituents is 2. The molecule has 0 saturated carbocycles. The summed E-state index contributed by atoms with van der Waals surface area (Å²) in [5.41, 5.74) is 0.370. The summed E-state index contributed by atoms with van der Waals surface area (Å²) in [6.07, 6.45) is 0. The van der Waals surface area contributed by atoms with Gasteiger partial charge < -0.3 is 14.9 Å². The Bertz CT molecular complexity index is 678. The van der Waals surface area contributed by atoms with Gasteiger partial charge in [-0.1, -0.05) is 0 Å². The second-order valence-corrected chi connectivity index (χ2v) is 4.47. The van der Waals surface area contributed by atoms with Gasteiger partial charge in [0, 0.05) is 24.3 Å². The molecule has 0 aliphatic heterocycles. The quantitative estimate of drug-likeness (QED) is 0.851. The summed E-state index contributed by atoms with van der Waals surface area (Å²) in [6, 6.07) is 4.92. The topological polar surface area (TPSA) is 66.8 Å². The molecule has 21 heavy (non-hydrogen) atoms. The number of aryl methyl sites for hydroxylation is 1. The van der Waals surface area contributed by atoms with Crippen molar-refractivity contribution in [2.24, 2.45) is 0 Å². The molecule has 4 nitrogen and oxygen atoms in total. The zero-order valence-corrected chi connectivity index (χ0v) is 11.1. The third-order valence-corrected chi connectivity index (χ3v) is 2.82. The van der Waals surface area contributed by atoms with Crippen LogP contribution in [-0.4, -0.2) is 22.6 Å². The molecule has 0 heterocycles. The number of phenols is 2. The number of ketones is 1. The van der Waals surface area contributed by atoms with Gasteiger partial charge in [0.15, 0.2) is 6.61 Å². The molecule has 0 fully saturated rings. The lowest BCUT2D eigenvalue weighted by Gasteiger charge is -2.09. The molecule has 2 rings (SSSR count). The maximum absolute atomic E-state index is 13.0. The van der Waals surface area contributed by atoms with Crippen LogP contribution in [0.5, 0.6) is 17.2 Å². The van der Waals surface area contributed by atoms with Crippen molar-refractivity contribution in [2.45, 2.75) is 6.92 Å². The van der Waals surface area contributed by atoms with Gasteiger partial charge in [0.1, 0.15) is 28.9 Å². The molecule has 0 aliphatic carbocycles. The van der Waals surface area contributed by atoms with Crippen LogP contribution in [0.3, 0.4) is 0 Å². The summed E-state index contributed by atoms with van der Waals surface area (Å²) in [7, 11) is 0. The fraction of sp³-hybridized carbons (Fsp3) is 0.133. The number of rotatable bonds is 4. The number of ether oxygens (including phenoxy) is 1. The van der Waals surface area contributed by atoms with Crippen LogP contribution in [-0.2, 0) is 0 Å². The standard InChI is InChI=1S/C15H12F2O4/c1-8-2-12(14(19)6-13(8)18)15(20)7-21-11-4-9(16)3-10(17)5-11/h2-6,18-19H,7H2,1H3. The first kappa shape index (κ1) is 14.8. The third-order valence-electron chi connectivity index (χ3n) is 2.82. The van der Waals surface area contributed by atoms with Crippen LogP contribution in [0.4, 0.5) is 8.78 Å². The van der Waals surface area contributed by atoms with E-state index in [1.807, 2.05) is 0 Å². The van der Waals surface area contributed by atoms with Crippen LogP contribution in [0.15, 0.2) is 30.3 Å². The zero-order chi connectivity index (χ0) is 15.6. The number of benzene rings is 2. The third kappa shape index (κ3) is 3.47. The maximum atomic E-state index is 13.0. The van der Waals surface area contributed by atoms with E-state index >= 15 is 0 Å². The lowest BCUT2D eigenvalue weighted by atomic mass is 10.1. The van der Waals surface area contributed by atoms with Crippen molar-refractivity contribution < 1.29 is 28.5 Å². The molecule has 0 saturated heterocycles. The number of hydrogen-bond donors (Lipinski definition) is 2. The highest BCUT2D eigenvalue weighted by Gasteiger charge is 2.15. The van der Waals surface area contributed by atoms with E-state index in [9.17, 15) is 23.8 Å². The summed E-state index contributed by atoms with van der Waals surface area (Å²) in [4.78, 5) is 11.9. The molecule has 2 N–H and O–H groups in total. The van der Waals surface area contributed by atoms with E-state index in [1.165, 1.54) is 6.07 Å². The Morgan fingerprint density at radius 3 is 2.29 bits per heavy atom. The van der Waals surface area contributed by atoms with E-state index in [-0.39, 0.29) is 17.1 Å². The Morgan fingerprint density at radius 1 is 1.05 bits per heavy atom. The molecule has 0 aromatic heterocycles. The van der Waals surface area contributed by atoms with E-state index in [2.05, 4.69) is 0 Å². The summed E-state index contributed by atoms with van der Waals surface area (Å²) >= 11 is 0.